The van der Waals surface area contributed by atoms with Crippen molar-refractivity contribution in [2.75, 3.05) is 0 Å². The lowest BCUT2D eigenvalue weighted by Gasteiger charge is -2.06. The van der Waals surface area contributed by atoms with Crippen LogP contribution >= 0.6 is 11.6 Å². The number of hydrogen-bond donors (Lipinski definition) is 1. The Bertz CT molecular complexity index is 590. The van der Waals surface area contributed by atoms with Crippen LogP contribution in [0.1, 0.15) is 5.56 Å². The molecule has 2 aromatic rings. The summed E-state index contributed by atoms with van der Waals surface area (Å²) < 4.78 is 5.45. The summed E-state index contributed by atoms with van der Waals surface area (Å²) in [5.41, 5.74) is 0.0459. The summed E-state index contributed by atoms with van der Waals surface area (Å²) in [6.07, 6.45) is 0. The summed E-state index contributed by atoms with van der Waals surface area (Å²) in [5, 5.41) is 18.6. The summed E-state index contributed by atoms with van der Waals surface area (Å²) in [4.78, 5) is 0. The molecule has 0 saturated carbocycles. The fraction of sp³-hybridized carbons (Fsp3) is 0. The first kappa shape index (κ1) is 11.3. The van der Waals surface area contributed by atoms with Gasteiger partial charge in [-0.05, 0) is 30.3 Å². The third-order valence-corrected chi connectivity index (χ3v) is 2.27. The van der Waals surface area contributed by atoms with Crippen LogP contribution in [0, 0.1) is 17.4 Å². The molecule has 0 unspecified atom stereocenters. The van der Waals surface area contributed by atoms with Gasteiger partial charge in [0.1, 0.15) is 28.9 Å². The zero-order valence-electron chi connectivity index (χ0n) is 8.64. The molecule has 0 fully saturated rings. The molecule has 83 valence electrons. The van der Waals surface area contributed by atoms with E-state index in [1.165, 1.54) is 12.1 Å². The van der Waals surface area contributed by atoms with Gasteiger partial charge in [-0.15, -0.1) is 0 Å². The molecule has 0 heterocycles. The van der Waals surface area contributed by atoms with E-state index >= 15 is 0 Å². The number of nitrogens with zero attached hydrogens (tertiary/aromatic N) is 1. The van der Waals surface area contributed by atoms with E-state index in [0.717, 1.165) is 0 Å². The Morgan fingerprint density at radius 2 is 2.12 bits per heavy atom. The van der Waals surface area contributed by atoms with Gasteiger partial charge < -0.3 is 9.84 Å². The van der Waals surface area contributed by atoms with Crippen LogP contribution in [0.4, 0.5) is 0 Å². The van der Waals surface area contributed by atoms with Crippen molar-refractivity contribution >= 4 is 11.6 Å². The van der Waals surface area contributed by atoms with E-state index in [1.807, 2.05) is 6.07 Å². The second kappa shape index (κ2) is 4.77. The number of hydrogen-bond acceptors (Lipinski definition) is 3. The minimum Gasteiger partial charge on any atom is -0.507 e. The van der Waals surface area contributed by atoms with E-state index in [4.69, 9.17) is 21.6 Å². The van der Waals surface area contributed by atoms with Crippen LogP contribution in [0.2, 0.25) is 5.02 Å². The highest BCUT2D eigenvalue weighted by atomic mass is 35.5. The summed E-state index contributed by atoms with van der Waals surface area (Å²) in [6.45, 7) is 0. The van der Waals surface area contributed by atoms with E-state index < -0.39 is 0 Å². The molecule has 17 heavy (non-hydrogen) atoms. The van der Waals surface area contributed by atoms with Crippen LogP contribution < -0.4 is 4.74 Å². The maximum Gasteiger partial charge on any atom is 0.137 e. The van der Waals surface area contributed by atoms with Crippen molar-refractivity contribution in [2.24, 2.45) is 0 Å². The average molecular weight is 245 g/mol. The van der Waals surface area contributed by atoms with Gasteiger partial charge in [-0.2, -0.15) is 5.26 Å². The molecular formula is C13H7ClNO2. The number of phenolic OH excluding ortho intramolecular Hbond substituents is 1. The third-order valence-electron chi connectivity index (χ3n) is 2.03. The SMILES string of the molecule is N#Cc1[c]c(Oc2cccc(Cl)c2)ccc1O. The Balaban J connectivity index is 2.28. The minimum atomic E-state index is -0.119. The number of benzene rings is 2. The molecule has 2 rings (SSSR count). The van der Waals surface area contributed by atoms with Crippen molar-refractivity contribution in [3.8, 4) is 23.3 Å². The lowest BCUT2D eigenvalue weighted by atomic mass is 10.2. The van der Waals surface area contributed by atoms with Crippen LogP contribution in [0.5, 0.6) is 17.2 Å². The molecule has 0 aliphatic carbocycles. The molecule has 0 saturated heterocycles. The number of phenols is 1. The highest BCUT2D eigenvalue weighted by molar-refractivity contribution is 6.30. The molecule has 0 aliphatic heterocycles. The van der Waals surface area contributed by atoms with Crippen LogP contribution in [0.3, 0.4) is 0 Å². The summed E-state index contributed by atoms with van der Waals surface area (Å²) in [7, 11) is 0. The molecule has 0 amide bonds. The summed E-state index contributed by atoms with van der Waals surface area (Å²) in [6, 6.07) is 14.3. The molecular weight excluding hydrogens is 238 g/mol. The Morgan fingerprint density at radius 3 is 2.82 bits per heavy atom. The molecule has 4 heteroatoms. The van der Waals surface area contributed by atoms with Gasteiger partial charge in [-0.1, -0.05) is 17.7 Å². The van der Waals surface area contributed by atoms with Gasteiger partial charge >= 0.3 is 0 Å². The molecule has 0 atom stereocenters. The zero-order valence-corrected chi connectivity index (χ0v) is 9.40. The maximum absolute atomic E-state index is 9.31. The van der Waals surface area contributed by atoms with Crippen LogP contribution in [-0.2, 0) is 0 Å². The molecule has 1 N–H and O–H groups in total. The largest absolute Gasteiger partial charge is 0.507 e. The Hall–Kier alpha value is -2.18. The Kier molecular flexibility index (Phi) is 3.17. The van der Waals surface area contributed by atoms with Crippen LogP contribution in [0.15, 0.2) is 36.4 Å². The molecule has 2 aromatic carbocycles. The fourth-order valence-electron chi connectivity index (χ4n) is 1.27. The lowest BCUT2D eigenvalue weighted by Crippen LogP contribution is -1.86. The molecule has 0 spiro atoms. The topological polar surface area (TPSA) is 53.2 Å². The van der Waals surface area contributed by atoms with E-state index in [1.54, 1.807) is 24.3 Å². The van der Waals surface area contributed by atoms with Crippen LogP contribution in [-0.4, -0.2) is 5.11 Å². The van der Waals surface area contributed by atoms with Gasteiger partial charge in [0, 0.05) is 5.02 Å². The predicted octanol–water partition coefficient (Wildman–Crippen LogP) is 3.51. The van der Waals surface area contributed by atoms with Crippen molar-refractivity contribution in [3.05, 3.63) is 53.1 Å². The normalized spacial score (nSPS) is 9.65. The van der Waals surface area contributed by atoms with Crippen molar-refractivity contribution in [1.82, 2.24) is 0 Å². The van der Waals surface area contributed by atoms with Gasteiger partial charge in [0.2, 0.25) is 0 Å². The molecule has 1 radical (unpaired) electrons. The fourth-order valence-corrected chi connectivity index (χ4v) is 1.45. The maximum atomic E-state index is 9.31. The summed E-state index contributed by atoms with van der Waals surface area (Å²) >= 11 is 5.81. The second-order valence-electron chi connectivity index (χ2n) is 3.25. The highest BCUT2D eigenvalue weighted by Crippen LogP contribution is 2.27. The van der Waals surface area contributed by atoms with E-state index in [-0.39, 0.29) is 11.3 Å². The first-order valence-corrected chi connectivity index (χ1v) is 5.15. The Labute approximate surface area is 103 Å². The quantitative estimate of drug-likeness (QED) is 0.880. The van der Waals surface area contributed by atoms with Gasteiger partial charge in [0.05, 0.1) is 6.07 Å². The van der Waals surface area contributed by atoms with E-state index in [2.05, 4.69) is 6.07 Å². The third kappa shape index (κ3) is 2.68. The Morgan fingerprint density at radius 1 is 1.29 bits per heavy atom. The number of nitriles is 1. The van der Waals surface area contributed by atoms with Gasteiger partial charge in [0.15, 0.2) is 0 Å². The molecule has 0 aliphatic rings. The lowest BCUT2D eigenvalue weighted by molar-refractivity contribution is 0.462. The number of rotatable bonds is 2. The number of aromatic hydroxyl groups is 1. The monoisotopic (exact) mass is 244 g/mol. The highest BCUT2D eigenvalue weighted by Gasteiger charge is 2.04. The second-order valence-corrected chi connectivity index (χ2v) is 3.69. The average Bonchev–Trinajstić information content (AvgIpc) is 2.32. The smallest absolute Gasteiger partial charge is 0.137 e. The van der Waals surface area contributed by atoms with Gasteiger partial charge in [-0.3, -0.25) is 0 Å². The molecule has 3 nitrogen and oxygen atoms in total. The van der Waals surface area contributed by atoms with Crippen molar-refractivity contribution < 1.29 is 9.84 Å². The first-order valence-electron chi connectivity index (χ1n) is 4.78. The standard InChI is InChI=1S/C13H7ClNO2/c14-10-2-1-3-11(7-10)17-12-4-5-13(16)9(6-12)8-15/h1-5,7,16H. The van der Waals surface area contributed by atoms with Crippen LogP contribution in [0.25, 0.3) is 0 Å². The number of halogens is 1. The predicted molar refractivity (Wildman–Crippen MR) is 63.2 cm³/mol. The summed E-state index contributed by atoms with van der Waals surface area (Å²) in [5.74, 6) is 0.774. The first-order chi connectivity index (χ1) is 8.19. The van der Waals surface area contributed by atoms with Crippen molar-refractivity contribution in [3.63, 3.8) is 0 Å². The van der Waals surface area contributed by atoms with E-state index in [9.17, 15) is 5.11 Å². The molecule has 0 bridgehead atoms. The van der Waals surface area contributed by atoms with Crippen molar-refractivity contribution in [2.45, 2.75) is 0 Å². The minimum absolute atomic E-state index is 0.0459. The van der Waals surface area contributed by atoms with Crippen molar-refractivity contribution in [1.29, 1.82) is 5.26 Å². The molecule has 0 aromatic heterocycles. The van der Waals surface area contributed by atoms with E-state index in [0.29, 0.717) is 16.5 Å². The van der Waals surface area contributed by atoms with Gasteiger partial charge in [-0.25, -0.2) is 0 Å². The zero-order chi connectivity index (χ0) is 12.3. The number of ether oxygens (including phenoxy) is 1. The van der Waals surface area contributed by atoms with Gasteiger partial charge in [0.25, 0.3) is 0 Å².